The number of hydrogen-bond donors (Lipinski definition) is 2. The van der Waals surface area contributed by atoms with Crippen LogP contribution in [0.3, 0.4) is 0 Å². The first-order valence-corrected chi connectivity index (χ1v) is 6.85. The van der Waals surface area contributed by atoms with Crippen LogP contribution in [0.4, 0.5) is 10.1 Å². The van der Waals surface area contributed by atoms with Crippen LogP contribution < -0.4 is 5.32 Å². The van der Waals surface area contributed by atoms with Crippen LogP contribution in [0.5, 0.6) is 0 Å². The monoisotopic (exact) mass is 371 g/mol. The van der Waals surface area contributed by atoms with Gasteiger partial charge in [-0.25, -0.2) is 9.18 Å². The van der Waals surface area contributed by atoms with Crippen LogP contribution in [-0.2, 0) is 0 Å². The van der Waals surface area contributed by atoms with Gasteiger partial charge in [0.2, 0.25) is 0 Å². The summed E-state index contributed by atoms with van der Waals surface area (Å²) in [7, 11) is 0. The maximum Gasteiger partial charge on any atom is 0.338 e. The first kappa shape index (κ1) is 15.5. The van der Waals surface area contributed by atoms with Crippen LogP contribution in [-0.4, -0.2) is 17.0 Å². The zero-order chi connectivity index (χ0) is 15.6. The summed E-state index contributed by atoms with van der Waals surface area (Å²) in [6.45, 7) is 0. The molecule has 0 bridgehead atoms. The standard InChI is InChI=1S/C14H8BrClFNO3/c15-10-3-1-7(5-11(10)16)13(19)18-8-2-4-12(17)9(6-8)14(20)21/h1-6H,(H,18,19)(H,20,21). The summed E-state index contributed by atoms with van der Waals surface area (Å²) in [6, 6.07) is 7.93. The molecule has 4 nitrogen and oxygen atoms in total. The van der Waals surface area contributed by atoms with Crippen molar-refractivity contribution in [1.82, 2.24) is 0 Å². The van der Waals surface area contributed by atoms with Crippen LogP contribution >= 0.6 is 27.5 Å². The van der Waals surface area contributed by atoms with Crippen molar-refractivity contribution in [3.05, 3.63) is 62.8 Å². The van der Waals surface area contributed by atoms with Crippen molar-refractivity contribution < 1.29 is 19.1 Å². The van der Waals surface area contributed by atoms with Crippen LogP contribution in [0.1, 0.15) is 20.7 Å². The highest BCUT2D eigenvalue weighted by Crippen LogP contribution is 2.24. The van der Waals surface area contributed by atoms with Crippen molar-refractivity contribution in [3.8, 4) is 0 Å². The molecule has 0 aliphatic carbocycles. The van der Waals surface area contributed by atoms with Crippen molar-refractivity contribution in [1.29, 1.82) is 0 Å². The fraction of sp³-hybridized carbons (Fsp3) is 0. The fourth-order valence-electron chi connectivity index (χ4n) is 1.61. The Hall–Kier alpha value is -1.92. The molecule has 0 heterocycles. The Labute approximate surface area is 132 Å². The molecule has 0 atom stereocenters. The summed E-state index contributed by atoms with van der Waals surface area (Å²) in [5.74, 6) is -2.75. The lowest BCUT2D eigenvalue weighted by Crippen LogP contribution is -2.13. The highest BCUT2D eigenvalue weighted by atomic mass is 79.9. The Balaban J connectivity index is 2.25. The average Bonchev–Trinajstić information content (AvgIpc) is 2.43. The molecule has 0 fully saturated rings. The summed E-state index contributed by atoms with van der Waals surface area (Å²) in [5.41, 5.74) is -0.0381. The number of hydrogen-bond acceptors (Lipinski definition) is 2. The first-order chi connectivity index (χ1) is 9.88. The second kappa shape index (κ2) is 6.24. The molecule has 0 aliphatic heterocycles. The zero-order valence-electron chi connectivity index (χ0n) is 10.4. The smallest absolute Gasteiger partial charge is 0.338 e. The minimum absolute atomic E-state index is 0.179. The number of anilines is 1. The lowest BCUT2D eigenvalue weighted by molar-refractivity contribution is 0.0691. The molecule has 2 aromatic rings. The minimum atomic E-state index is -1.41. The number of halogens is 3. The summed E-state index contributed by atoms with van der Waals surface area (Å²) in [5, 5.41) is 11.7. The Kier molecular flexibility index (Phi) is 4.59. The highest BCUT2D eigenvalue weighted by molar-refractivity contribution is 9.10. The number of nitrogens with one attached hydrogen (secondary N) is 1. The summed E-state index contributed by atoms with van der Waals surface area (Å²) < 4.78 is 13.9. The van der Waals surface area contributed by atoms with Crippen molar-refractivity contribution >= 4 is 45.1 Å². The number of carboxylic acids is 1. The van der Waals surface area contributed by atoms with E-state index in [1.807, 2.05) is 0 Å². The van der Waals surface area contributed by atoms with Gasteiger partial charge in [-0.15, -0.1) is 0 Å². The van der Waals surface area contributed by atoms with Crippen LogP contribution in [0.2, 0.25) is 5.02 Å². The van der Waals surface area contributed by atoms with Gasteiger partial charge in [-0.1, -0.05) is 11.6 Å². The summed E-state index contributed by atoms with van der Waals surface area (Å²) in [4.78, 5) is 22.9. The van der Waals surface area contributed by atoms with Crippen molar-refractivity contribution in [2.45, 2.75) is 0 Å². The Morgan fingerprint density at radius 3 is 2.52 bits per heavy atom. The second-order valence-electron chi connectivity index (χ2n) is 4.08. The number of carboxylic acid groups (broad SMARTS) is 1. The molecule has 0 unspecified atom stereocenters. The predicted molar refractivity (Wildman–Crippen MR) is 80.5 cm³/mol. The van der Waals surface area contributed by atoms with E-state index in [2.05, 4.69) is 21.2 Å². The van der Waals surface area contributed by atoms with E-state index >= 15 is 0 Å². The van der Waals surface area contributed by atoms with Gasteiger partial charge in [0.1, 0.15) is 5.82 Å². The number of rotatable bonds is 3. The largest absolute Gasteiger partial charge is 0.478 e. The summed E-state index contributed by atoms with van der Waals surface area (Å²) in [6.07, 6.45) is 0. The van der Waals surface area contributed by atoms with E-state index in [1.54, 1.807) is 12.1 Å². The normalized spacial score (nSPS) is 10.2. The van der Waals surface area contributed by atoms with Gasteiger partial charge in [-0.3, -0.25) is 4.79 Å². The Morgan fingerprint density at radius 1 is 1.19 bits per heavy atom. The fourth-order valence-corrected chi connectivity index (χ4v) is 2.03. The van der Waals surface area contributed by atoms with Gasteiger partial charge < -0.3 is 10.4 Å². The minimum Gasteiger partial charge on any atom is -0.478 e. The van der Waals surface area contributed by atoms with Gasteiger partial charge in [0.05, 0.1) is 10.6 Å². The van der Waals surface area contributed by atoms with Crippen molar-refractivity contribution in [3.63, 3.8) is 0 Å². The van der Waals surface area contributed by atoms with E-state index in [0.717, 1.165) is 12.1 Å². The molecule has 2 rings (SSSR count). The maximum absolute atomic E-state index is 13.3. The molecule has 0 radical (unpaired) electrons. The molecule has 2 aromatic carbocycles. The number of amides is 1. The lowest BCUT2D eigenvalue weighted by atomic mass is 10.1. The van der Waals surface area contributed by atoms with E-state index in [0.29, 0.717) is 15.1 Å². The van der Waals surface area contributed by atoms with E-state index in [-0.39, 0.29) is 5.69 Å². The van der Waals surface area contributed by atoms with Gasteiger partial charge in [0.15, 0.2) is 0 Å². The zero-order valence-corrected chi connectivity index (χ0v) is 12.7. The predicted octanol–water partition coefficient (Wildman–Crippen LogP) is 4.19. The van der Waals surface area contributed by atoms with Gasteiger partial charge in [0, 0.05) is 15.7 Å². The van der Waals surface area contributed by atoms with Crippen LogP contribution in [0, 0.1) is 5.82 Å². The quantitative estimate of drug-likeness (QED) is 0.849. The van der Waals surface area contributed by atoms with E-state index in [1.165, 1.54) is 12.1 Å². The molecule has 108 valence electrons. The van der Waals surface area contributed by atoms with E-state index in [9.17, 15) is 14.0 Å². The number of aromatic carboxylic acids is 1. The van der Waals surface area contributed by atoms with Crippen LogP contribution in [0.15, 0.2) is 40.9 Å². The third kappa shape index (κ3) is 3.59. The molecular formula is C14H8BrClFNO3. The highest BCUT2D eigenvalue weighted by Gasteiger charge is 2.13. The van der Waals surface area contributed by atoms with Gasteiger partial charge in [-0.2, -0.15) is 0 Å². The Bertz CT molecular complexity index is 736. The Morgan fingerprint density at radius 2 is 1.90 bits per heavy atom. The molecular weight excluding hydrogens is 365 g/mol. The molecule has 0 spiro atoms. The second-order valence-corrected chi connectivity index (χ2v) is 5.34. The van der Waals surface area contributed by atoms with Gasteiger partial charge >= 0.3 is 5.97 Å². The SMILES string of the molecule is O=C(Nc1ccc(F)c(C(=O)O)c1)c1ccc(Br)c(Cl)c1. The van der Waals surface area contributed by atoms with Crippen molar-refractivity contribution in [2.75, 3.05) is 5.32 Å². The molecule has 1 amide bonds. The maximum atomic E-state index is 13.3. The molecule has 0 saturated carbocycles. The molecule has 0 aromatic heterocycles. The molecule has 21 heavy (non-hydrogen) atoms. The van der Waals surface area contributed by atoms with Gasteiger partial charge in [0.25, 0.3) is 5.91 Å². The average molecular weight is 373 g/mol. The number of benzene rings is 2. The summed E-state index contributed by atoms with van der Waals surface area (Å²) >= 11 is 9.10. The van der Waals surface area contributed by atoms with Crippen molar-refractivity contribution in [2.24, 2.45) is 0 Å². The topological polar surface area (TPSA) is 66.4 Å². The molecule has 0 saturated heterocycles. The lowest BCUT2D eigenvalue weighted by Gasteiger charge is -2.07. The number of carbonyl (C=O) groups is 2. The molecule has 0 aliphatic rings. The van der Waals surface area contributed by atoms with Gasteiger partial charge in [-0.05, 0) is 52.3 Å². The number of carbonyl (C=O) groups excluding carboxylic acids is 1. The van der Waals surface area contributed by atoms with E-state index in [4.69, 9.17) is 16.7 Å². The molecule has 7 heteroatoms. The molecule has 2 N–H and O–H groups in total. The first-order valence-electron chi connectivity index (χ1n) is 5.67. The third-order valence-corrected chi connectivity index (χ3v) is 3.87. The van der Waals surface area contributed by atoms with E-state index < -0.39 is 23.3 Å². The third-order valence-electron chi connectivity index (χ3n) is 2.64. The van der Waals surface area contributed by atoms with Crippen LogP contribution in [0.25, 0.3) is 0 Å².